The lowest BCUT2D eigenvalue weighted by atomic mass is 10.1. The molecule has 0 spiro atoms. The average Bonchev–Trinajstić information content (AvgIpc) is 2.66. The van der Waals surface area contributed by atoms with Gasteiger partial charge in [0.2, 0.25) is 5.91 Å². The molecule has 0 bridgehead atoms. The number of carbonyl (C=O) groups excluding carboxylic acids is 1. The molecule has 1 amide bonds. The molecule has 0 unspecified atom stereocenters. The molecule has 5 nitrogen and oxygen atoms in total. The number of benzene rings is 3. The highest BCUT2D eigenvalue weighted by molar-refractivity contribution is 7.92. The second kappa shape index (κ2) is 7.41. The van der Waals surface area contributed by atoms with Gasteiger partial charge in [-0.2, -0.15) is 0 Å². The smallest absolute Gasteiger partial charge is 0.261 e. The van der Waals surface area contributed by atoms with Crippen LogP contribution in [0.4, 0.5) is 5.69 Å². The minimum atomic E-state index is -3.73. The van der Waals surface area contributed by atoms with E-state index in [2.05, 4.69) is 16.6 Å². The number of anilines is 1. The third kappa shape index (κ3) is 4.10. The van der Waals surface area contributed by atoms with Crippen LogP contribution < -0.4 is 10.0 Å². The molecule has 0 heterocycles. The second-order valence-electron chi connectivity index (χ2n) is 5.74. The Labute approximate surface area is 152 Å². The Balaban J connectivity index is 1.82. The van der Waals surface area contributed by atoms with Crippen LogP contribution in [-0.2, 0) is 21.4 Å². The molecule has 3 rings (SSSR count). The van der Waals surface area contributed by atoms with E-state index in [-0.39, 0.29) is 17.3 Å². The predicted octanol–water partition coefficient (Wildman–Crippen LogP) is 3.44. The molecule has 0 atom stereocenters. The fourth-order valence-corrected chi connectivity index (χ4v) is 3.67. The number of fused-ring (bicyclic) bond motifs is 1. The molecular formula is C20H18N2O3S. The van der Waals surface area contributed by atoms with Crippen molar-refractivity contribution >= 4 is 32.4 Å². The summed E-state index contributed by atoms with van der Waals surface area (Å²) in [6, 6.07) is 19.6. The Morgan fingerprint density at radius 3 is 2.50 bits per heavy atom. The molecule has 3 aromatic carbocycles. The molecule has 0 aliphatic carbocycles. The van der Waals surface area contributed by atoms with Gasteiger partial charge in [-0.15, -0.1) is 0 Å². The zero-order chi connectivity index (χ0) is 18.6. The first-order valence-electron chi connectivity index (χ1n) is 7.99. The largest absolute Gasteiger partial charge is 0.348 e. The lowest BCUT2D eigenvalue weighted by Crippen LogP contribution is -2.20. The van der Waals surface area contributed by atoms with Crippen LogP contribution in [0.1, 0.15) is 5.56 Å². The molecule has 132 valence electrons. The molecule has 0 aliphatic heterocycles. The normalized spacial score (nSPS) is 11.1. The molecule has 0 saturated carbocycles. The Morgan fingerprint density at radius 1 is 0.962 bits per heavy atom. The second-order valence-corrected chi connectivity index (χ2v) is 7.42. The van der Waals surface area contributed by atoms with Crippen molar-refractivity contribution in [2.45, 2.75) is 11.4 Å². The van der Waals surface area contributed by atoms with Gasteiger partial charge in [0.25, 0.3) is 10.0 Å². The Morgan fingerprint density at radius 2 is 1.73 bits per heavy atom. The van der Waals surface area contributed by atoms with Crippen molar-refractivity contribution < 1.29 is 13.2 Å². The van der Waals surface area contributed by atoms with E-state index in [9.17, 15) is 13.2 Å². The number of rotatable bonds is 6. The van der Waals surface area contributed by atoms with Crippen molar-refractivity contribution in [3.05, 3.63) is 84.9 Å². The molecular weight excluding hydrogens is 348 g/mol. The van der Waals surface area contributed by atoms with Crippen LogP contribution >= 0.6 is 0 Å². The molecule has 6 heteroatoms. The summed E-state index contributed by atoms with van der Waals surface area (Å²) >= 11 is 0. The zero-order valence-corrected chi connectivity index (χ0v) is 14.8. The number of sulfonamides is 1. The van der Waals surface area contributed by atoms with Crippen molar-refractivity contribution in [3.8, 4) is 0 Å². The van der Waals surface area contributed by atoms with Gasteiger partial charge < -0.3 is 5.32 Å². The number of amides is 1. The summed E-state index contributed by atoms with van der Waals surface area (Å²) in [6.07, 6.45) is 1.17. The van der Waals surface area contributed by atoms with Gasteiger partial charge in [0.15, 0.2) is 0 Å². The maximum absolute atomic E-state index is 12.7. The quantitative estimate of drug-likeness (QED) is 0.656. The molecule has 26 heavy (non-hydrogen) atoms. The molecule has 2 N–H and O–H groups in total. The third-order valence-corrected chi connectivity index (χ3v) is 5.24. The van der Waals surface area contributed by atoms with Crippen LogP contribution in [0.25, 0.3) is 10.8 Å². The minimum Gasteiger partial charge on any atom is -0.348 e. The van der Waals surface area contributed by atoms with Crippen LogP contribution in [0.5, 0.6) is 0 Å². The standard InChI is InChI=1S/C20H18N2O3S/c1-2-20(23)21-14-15-6-5-9-19(12-15)26(24,25)22-18-11-10-16-7-3-4-8-17(16)13-18/h2-13,22H,1,14H2,(H,21,23). The van der Waals surface area contributed by atoms with E-state index in [4.69, 9.17) is 0 Å². The first kappa shape index (κ1) is 17.7. The minimum absolute atomic E-state index is 0.135. The first-order valence-corrected chi connectivity index (χ1v) is 9.47. The Kier molecular flexibility index (Phi) is 5.04. The van der Waals surface area contributed by atoms with E-state index in [0.29, 0.717) is 11.3 Å². The monoisotopic (exact) mass is 366 g/mol. The molecule has 0 saturated heterocycles. The van der Waals surface area contributed by atoms with Gasteiger partial charge >= 0.3 is 0 Å². The SMILES string of the molecule is C=CC(=O)NCc1cccc(S(=O)(=O)Nc2ccc3ccccc3c2)c1. The first-order chi connectivity index (χ1) is 12.5. The summed E-state index contributed by atoms with van der Waals surface area (Å²) in [6.45, 7) is 3.61. The van der Waals surface area contributed by atoms with E-state index in [1.807, 2.05) is 30.3 Å². The van der Waals surface area contributed by atoms with E-state index < -0.39 is 10.0 Å². The Hall–Kier alpha value is -3.12. The van der Waals surface area contributed by atoms with Crippen LogP contribution in [0.3, 0.4) is 0 Å². The van der Waals surface area contributed by atoms with Crippen molar-refractivity contribution in [2.75, 3.05) is 4.72 Å². The van der Waals surface area contributed by atoms with Gasteiger partial charge in [0, 0.05) is 12.2 Å². The predicted molar refractivity (Wildman–Crippen MR) is 103 cm³/mol. The van der Waals surface area contributed by atoms with E-state index in [1.165, 1.54) is 18.2 Å². The number of hydrogen-bond acceptors (Lipinski definition) is 3. The lowest BCUT2D eigenvalue weighted by molar-refractivity contribution is -0.116. The summed E-state index contributed by atoms with van der Waals surface area (Å²) in [5.74, 6) is -0.312. The topological polar surface area (TPSA) is 75.3 Å². The highest BCUT2D eigenvalue weighted by atomic mass is 32.2. The van der Waals surface area contributed by atoms with Crippen LogP contribution in [0.15, 0.2) is 84.3 Å². The number of carbonyl (C=O) groups is 1. The van der Waals surface area contributed by atoms with Gasteiger partial charge in [0.05, 0.1) is 4.90 Å². The summed E-state index contributed by atoms with van der Waals surface area (Å²) in [4.78, 5) is 11.4. The van der Waals surface area contributed by atoms with Crippen molar-refractivity contribution in [2.24, 2.45) is 0 Å². The lowest BCUT2D eigenvalue weighted by Gasteiger charge is -2.10. The van der Waals surface area contributed by atoms with Gasteiger partial charge in [-0.25, -0.2) is 8.42 Å². The highest BCUT2D eigenvalue weighted by Gasteiger charge is 2.15. The summed E-state index contributed by atoms with van der Waals surface area (Å²) in [7, 11) is -3.73. The van der Waals surface area contributed by atoms with E-state index >= 15 is 0 Å². The van der Waals surface area contributed by atoms with Crippen molar-refractivity contribution in [3.63, 3.8) is 0 Å². The molecule has 0 radical (unpaired) electrons. The maximum Gasteiger partial charge on any atom is 0.261 e. The fourth-order valence-electron chi connectivity index (χ4n) is 2.55. The van der Waals surface area contributed by atoms with Crippen LogP contribution in [-0.4, -0.2) is 14.3 Å². The molecule has 0 aliphatic rings. The molecule has 0 fully saturated rings. The van der Waals surface area contributed by atoms with E-state index in [0.717, 1.165) is 10.8 Å². The van der Waals surface area contributed by atoms with Crippen molar-refractivity contribution in [1.82, 2.24) is 5.32 Å². The Bertz CT molecular complexity index is 1080. The van der Waals surface area contributed by atoms with Gasteiger partial charge in [-0.1, -0.05) is 49.0 Å². The summed E-state index contributed by atoms with van der Waals surface area (Å²) in [5.41, 5.74) is 1.18. The third-order valence-electron chi connectivity index (χ3n) is 3.86. The van der Waals surface area contributed by atoms with E-state index in [1.54, 1.807) is 24.3 Å². The maximum atomic E-state index is 12.7. The number of nitrogens with one attached hydrogen (secondary N) is 2. The average molecular weight is 366 g/mol. The summed E-state index contributed by atoms with van der Waals surface area (Å²) in [5, 5.41) is 4.61. The van der Waals surface area contributed by atoms with Crippen LogP contribution in [0, 0.1) is 0 Å². The van der Waals surface area contributed by atoms with Gasteiger partial charge in [-0.05, 0) is 46.7 Å². The van der Waals surface area contributed by atoms with Crippen molar-refractivity contribution in [1.29, 1.82) is 0 Å². The zero-order valence-electron chi connectivity index (χ0n) is 14.0. The van der Waals surface area contributed by atoms with Crippen LogP contribution in [0.2, 0.25) is 0 Å². The number of hydrogen-bond donors (Lipinski definition) is 2. The van der Waals surface area contributed by atoms with Gasteiger partial charge in [-0.3, -0.25) is 9.52 Å². The highest BCUT2D eigenvalue weighted by Crippen LogP contribution is 2.22. The molecule has 3 aromatic rings. The van der Waals surface area contributed by atoms with Gasteiger partial charge in [0.1, 0.15) is 0 Å². The summed E-state index contributed by atoms with van der Waals surface area (Å²) < 4.78 is 27.9. The molecule has 0 aromatic heterocycles. The fraction of sp³-hybridized carbons (Fsp3) is 0.0500.